The van der Waals surface area contributed by atoms with E-state index in [1.807, 2.05) is 48.5 Å². The van der Waals surface area contributed by atoms with Gasteiger partial charge in [0.05, 0.1) is 14.2 Å². The number of halogens is 2. The van der Waals surface area contributed by atoms with Crippen molar-refractivity contribution in [1.82, 2.24) is 0 Å². The molecular weight excluding hydrogens is 518 g/mol. The molecule has 2 aromatic rings. The van der Waals surface area contributed by atoms with Gasteiger partial charge in [-0.3, -0.25) is 0 Å². The van der Waals surface area contributed by atoms with E-state index < -0.39 is 16.5 Å². The number of hydrogen-bond acceptors (Lipinski definition) is 4. The van der Waals surface area contributed by atoms with Gasteiger partial charge in [0, 0.05) is 12.1 Å². The predicted octanol–water partition coefficient (Wildman–Crippen LogP) is 3.78. The molecule has 7 heteroatoms. The van der Waals surface area contributed by atoms with Crippen LogP contribution in [-0.2, 0) is 16.5 Å². The SMILES string of the molecule is COc1ccc([C@@H](N)[C@@H](N)c2ccc(OC)cc2)cc1.[Cl][Pt][Cl]. The van der Waals surface area contributed by atoms with Crippen LogP contribution in [0.5, 0.6) is 11.5 Å². The summed E-state index contributed by atoms with van der Waals surface area (Å²) in [7, 11) is 13.0. The molecule has 0 aliphatic rings. The molecule has 2 aromatic carbocycles. The summed E-state index contributed by atoms with van der Waals surface area (Å²) in [5, 5.41) is 0. The van der Waals surface area contributed by atoms with Crippen LogP contribution in [0.1, 0.15) is 23.2 Å². The molecule has 130 valence electrons. The molecule has 0 aliphatic carbocycles. The van der Waals surface area contributed by atoms with Crippen molar-refractivity contribution in [2.45, 2.75) is 12.1 Å². The Bertz CT molecular complexity index is 516. The Labute approximate surface area is 153 Å². The Morgan fingerprint density at radius 3 is 1.22 bits per heavy atom. The molecule has 0 aromatic heterocycles. The third-order valence-electron chi connectivity index (χ3n) is 3.39. The van der Waals surface area contributed by atoms with Crippen LogP contribution in [-0.4, -0.2) is 14.2 Å². The maximum atomic E-state index is 6.24. The van der Waals surface area contributed by atoms with Crippen molar-refractivity contribution in [3.8, 4) is 11.5 Å². The molecule has 0 saturated carbocycles. The molecule has 0 unspecified atom stereocenters. The molecule has 0 fully saturated rings. The summed E-state index contributed by atoms with van der Waals surface area (Å²) in [6.45, 7) is 0. The summed E-state index contributed by atoms with van der Waals surface area (Å²) in [6, 6.07) is 14.8. The van der Waals surface area contributed by atoms with E-state index in [0.717, 1.165) is 22.6 Å². The standard InChI is InChI=1S/C16H20N2O2.2ClH.Pt/c1-19-13-7-3-11(4-8-13)15(17)16(18)12-5-9-14(20-2)10-6-12;;;/h3-10,15-16H,17-18H2,1-2H3;2*1H;/q;;;+2/p-2/t15-,16+;;;. The Balaban J connectivity index is 0.000000816. The van der Waals surface area contributed by atoms with Crippen LogP contribution in [0.3, 0.4) is 0 Å². The first-order valence-electron chi connectivity index (χ1n) is 6.68. The zero-order chi connectivity index (χ0) is 17.2. The molecule has 2 atom stereocenters. The minimum absolute atomic E-state index is 0.269. The average molecular weight is 538 g/mol. The van der Waals surface area contributed by atoms with E-state index >= 15 is 0 Å². The van der Waals surface area contributed by atoms with Gasteiger partial charge in [-0.2, -0.15) is 0 Å². The van der Waals surface area contributed by atoms with Gasteiger partial charge in [0.25, 0.3) is 0 Å². The first-order chi connectivity index (χ1) is 11.1. The van der Waals surface area contributed by atoms with Gasteiger partial charge < -0.3 is 20.9 Å². The molecule has 0 spiro atoms. The fourth-order valence-corrected chi connectivity index (χ4v) is 2.07. The Morgan fingerprint density at radius 1 is 0.739 bits per heavy atom. The van der Waals surface area contributed by atoms with Crippen LogP contribution in [0, 0.1) is 0 Å². The summed E-state index contributed by atoms with van der Waals surface area (Å²) in [5.41, 5.74) is 14.4. The molecule has 0 amide bonds. The predicted molar refractivity (Wildman–Crippen MR) is 91.6 cm³/mol. The molecule has 0 radical (unpaired) electrons. The van der Waals surface area contributed by atoms with E-state index in [9.17, 15) is 0 Å². The van der Waals surface area contributed by atoms with E-state index in [-0.39, 0.29) is 12.1 Å². The Kier molecular flexibility index (Phi) is 9.61. The van der Waals surface area contributed by atoms with Gasteiger partial charge in [-0.05, 0) is 35.4 Å². The number of methoxy groups -OCH3 is 2. The van der Waals surface area contributed by atoms with Crippen molar-refractivity contribution in [2.24, 2.45) is 11.5 Å². The van der Waals surface area contributed by atoms with Crippen LogP contribution >= 0.6 is 18.8 Å². The second-order valence-corrected chi connectivity index (χ2v) is 7.93. The topological polar surface area (TPSA) is 70.5 Å². The Hall–Kier alpha value is -0.772. The first kappa shape index (κ1) is 20.3. The van der Waals surface area contributed by atoms with Gasteiger partial charge in [0.2, 0.25) is 0 Å². The van der Waals surface area contributed by atoms with E-state index in [1.54, 1.807) is 14.2 Å². The minimum atomic E-state index is -0.472. The zero-order valence-corrected chi connectivity index (χ0v) is 16.6. The van der Waals surface area contributed by atoms with Crippen LogP contribution in [0.15, 0.2) is 48.5 Å². The van der Waals surface area contributed by atoms with Gasteiger partial charge in [-0.15, -0.1) is 0 Å². The van der Waals surface area contributed by atoms with Crippen molar-refractivity contribution in [2.75, 3.05) is 14.2 Å². The number of hydrogen-bond donors (Lipinski definition) is 2. The molecule has 0 bridgehead atoms. The van der Waals surface area contributed by atoms with Crippen LogP contribution in [0.2, 0.25) is 0 Å². The van der Waals surface area contributed by atoms with E-state index in [1.165, 1.54) is 0 Å². The number of benzene rings is 2. The monoisotopic (exact) mass is 537 g/mol. The van der Waals surface area contributed by atoms with Crippen molar-refractivity contribution in [1.29, 1.82) is 0 Å². The van der Waals surface area contributed by atoms with Crippen molar-refractivity contribution in [3.05, 3.63) is 59.7 Å². The van der Waals surface area contributed by atoms with E-state index in [2.05, 4.69) is 0 Å². The molecule has 0 heterocycles. The number of ether oxygens (including phenoxy) is 2. The summed E-state index contributed by atoms with van der Waals surface area (Å²) in [6.07, 6.45) is 0. The normalized spacial score (nSPS) is 12.8. The van der Waals surface area contributed by atoms with Gasteiger partial charge in [-0.1, -0.05) is 24.3 Å². The fourth-order valence-electron chi connectivity index (χ4n) is 2.07. The molecule has 4 nitrogen and oxygen atoms in total. The molecule has 0 saturated heterocycles. The third kappa shape index (κ3) is 6.32. The van der Waals surface area contributed by atoms with Crippen molar-refractivity contribution >= 4 is 18.8 Å². The molecule has 0 aliphatic heterocycles. The summed E-state index contributed by atoms with van der Waals surface area (Å²) in [4.78, 5) is 0. The Morgan fingerprint density at radius 2 is 1.00 bits per heavy atom. The van der Waals surface area contributed by atoms with Crippen molar-refractivity contribution < 1.29 is 26.0 Å². The third-order valence-corrected chi connectivity index (χ3v) is 3.39. The quantitative estimate of drug-likeness (QED) is 0.609. The average Bonchev–Trinajstić information content (AvgIpc) is 2.61. The van der Waals surface area contributed by atoms with Crippen LogP contribution < -0.4 is 20.9 Å². The van der Waals surface area contributed by atoms with Crippen LogP contribution in [0.4, 0.5) is 0 Å². The molecule has 4 N–H and O–H groups in total. The summed E-state index contributed by atoms with van der Waals surface area (Å²) in [5.74, 6) is 1.61. The number of nitrogens with two attached hydrogens (primary N) is 2. The summed E-state index contributed by atoms with van der Waals surface area (Å²) >= 11 is -0.472. The second-order valence-electron chi connectivity index (χ2n) is 4.64. The first-order valence-corrected chi connectivity index (χ1v) is 12.3. The van der Waals surface area contributed by atoms with E-state index in [0.29, 0.717) is 0 Å². The van der Waals surface area contributed by atoms with Gasteiger partial charge in [0.15, 0.2) is 0 Å². The van der Waals surface area contributed by atoms with Gasteiger partial charge in [-0.25, -0.2) is 0 Å². The van der Waals surface area contributed by atoms with Crippen LogP contribution in [0.25, 0.3) is 0 Å². The fraction of sp³-hybridized carbons (Fsp3) is 0.250. The number of rotatable bonds is 5. The van der Waals surface area contributed by atoms with Crippen molar-refractivity contribution in [3.63, 3.8) is 0 Å². The van der Waals surface area contributed by atoms with Gasteiger partial charge in [0.1, 0.15) is 11.5 Å². The van der Waals surface area contributed by atoms with Gasteiger partial charge >= 0.3 is 35.3 Å². The molecule has 2 rings (SSSR count). The summed E-state index contributed by atoms with van der Waals surface area (Å²) < 4.78 is 10.3. The maximum absolute atomic E-state index is 6.24. The van der Waals surface area contributed by atoms with E-state index in [4.69, 9.17) is 39.8 Å². The second kappa shape index (κ2) is 10.9. The zero-order valence-electron chi connectivity index (χ0n) is 12.8. The molecular formula is C16H20Cl2N2O2Pt. The molecule has 23 heavy (non-hydrogen) atoms.